The Morgan fingerprint density at radius 3 is 2.27 bits per heavy atom. The fraction of sp³-hybridized carbons (Fsp3) is 1.00. The molecule has 11 heavy (non-hydrogen) atoms. The maximum Gasteiger partial charge on any atom is 0.0740 e. The minimum absolute atomic E-state index is 0.365. The van der Waals surface area contributed by atoms with E-state index in [0.29, 0.717) is 17.4 Å². The number of methoxy groups -OCH3 is 1. The van der Waals surface area contributed by atoms with Crippen molar-refractivity contribution >= 4 is 0 Å². The van der Waals surface area contributed by atoms with Gasteiger partial charge in [-0.2, -0.15) is 0 Å². The molecule has 66 valence electrons. The first-order valence-electron chi connectivity index (χ1n) is 4.29. The Balaban J connectivity index is 2.57. The first-order valence-corrected chi connectivity index (χ1v) is 4.29. The van der Waals surface area contributed by atoms with Crippen molar-refractivity contribution < 1.29 is 4.74 Å². The van der Waals surface area contributed by atoms with Crippen LogP contribution in [0.25, 0.3) is 0 Å². The van der Waals surface area contributed by atoms with Crippen molar-refractivity contribution in [3.63, 3.8) is 0 Å². The summed E-state index contributed by atoms with van der Waals surface area (Å²) in [7, 11) is 1.80. The van der Waals surface area contributed by atoms with Crippen LogP contribution in [0, 0.1) is 11.3 Å². The van der Waals surface area contributed by atoms with Crippen molar-refractivity contribution in [3.8, 4) is 0 Å². The summed E-state index contributed by atoms with van der Waals surface area (Å²) in [4.78, 5) is 0. The Morgan fingerprint density at radius 2 is 1.91 bits per heavy atom. The molecular weight excluding hydrogens is 138 g/mol. The molecule has 0 amide bonds. The van der Waals surface area contributed by atoms with Crippen molar-refractivity contribution in [1.82, 2.24) is 5.32 Å². The lowest BCUT2D eigenvalue weighted by atomic mass is 9.79. The molecule has 0 aliphatic carbocycles. The molecule has 1 fully saturated rings. The van der Waals surface area contributed by atoms with Crippen LogP contribution in [0.5, 0.6) is 0 Å². The van der Waals surface area contributed by atoms with Crippen LogP contribution in [0.2, 0.25) is 0 Å². The smallest absolute Gasteiger partial charge is 0.0740 e. The molecule has 2 atom stereocenters. The average molecular weight is 157 g/mol. The standard InChI is InChI=1S/C9H19NO/c1-9(2,3)7-5-10-6-8(7)11-4/h7-8,10H,5-6H2,1-4H3/t7-,8?/m0/s1. The summed E-state index contributed by atoms with van der Waals surface area (Å²) < 4.78 is 5.39. The minimum Gasteiger partial charge on any atom is -0.380 e. The molecule has 2 heteroatoms. The molecule has 1 aliphatic rings. The summed E-state index contributed by atoms with van der Waals surface area (Å²) in [6.07, 6.45) is 0.412. The van der Waals surface area contributed by atoms with Crippen molar-refractivity contribution in [3.05, 3.63) is 0 Å². The van der Waals surface area contributed by atoms with E-state index < -0.39 is 0 Å². The zero-order chi connectivity index (χ0) is 8.48. The minimum atomic E-state index is 0.365. The van der Waals surface area contributed by atoms with Gasteiger partial charge in [-0.15, -0.1) is 0 Å². The van der Waals surface area contributed by atoms with E-state index in [4.69, 9.17) is 4.74 Å². The van der Waals surface area contributed by atoms with Crippen LogP contribution in [0.1, 0.15) is 20.8 Å². The van der Waals surface area contributed by atoms with Gasteiger partial charge in [0.05, 0.1) is 6.10 Å². The van der Waals surface area contributed by atoms with Crippen molar-refractivity contribution in [2.24, 2.45) is 11.3 Å². The molecule has 0 bridgehead atoms. The predicted octanol–water partition coefficient (Wildman–Crippen LogP) is 1.27. The lowest BCUT2D eigenvalue weighted by Gasteiger charge is -2.30. The third kappa shape index (κ3) is 1.94. The monoisotopic (exact) mass is 157 g/mol. The molecule has 1 heterocycles. The number of nitrogens with one attached hydrogen (secondary N) is 1. The van der Waals surface area contributed by atoms with Gasteiger partial charge in [0, 0.05) is 26.1 Å². The lowest BCUT2D eigenvalue weighted by molar-refractivity contribution is 0.0391. The van der Waals surface area contributed by atoms with Gasteiger partial charge >= 0.3 is 0 Å². The third-order valence-corrected chi connectivity index (χ3v) is 2.57. The topological polar surface area (TPSA) is 21.3 Å². The molecule has 1 unspecified atom stereocenters. The summed E-state index contributed by atoms with van der Waals surface area (Å²) >= 11 is 0. The Kier molecular flexibility index (Phi) is 2.55. The second-order valence-corrected chi connectivity index (χ2v) is 4.40. The van der Waals surface area contributed by atoms with E-state index in [2.05, 4.69) is 26.1 Å². The predicted molar refractivity (Wildman–Crippen MR) is 46.6 cm³/mol. The number of rotatable bonds is 1. The normalized spacial score (nSPS) is 32.7. The summed E-state index contributed by atoms with van der Waals surface area (Å²) in [5.41, 5.74) is 0.365. The SMILES string of the molecule is COC1CNC[C@@H]1C(C)(C)C. The van der Waals surface area contributed by atoms with E-state index in [1.54, 1.807) is 7.11 Å². The highest BCUT2D eigenvalue weighted by Gasteiger charge is 2.35. The maximum absolute atomic E-state index is 5.39. The Bertz CT molecular complexity index is 128. The summed E-state index contributed by atoms with van der Waals surface area (Å²) in [6.45, 7) is 8.94. The largest absolute Gasteiger partial charge is 0.380 e. The van der Waals surface area contributed by atoms with Crippen LogP contribution in [0.3, 0.4) is 0 Å². The molecule has 0 radical (unpaired) electrons. The van der Waals surface area contributed by atoms with Crippen molar-refractivity contribution in [1.29, 1.82) is 0 Å². The molecule has 0 aromatic heterocycles. The van der Waals surface area contributed by atoms with Crippen LogP contribution in [-0.2, 0) is 4.74 Å². The third-order valence-electron chi connectivity index (χ3n) is 2.57. The molecule has 0 saturated carbocycles. The molecule has 1 aliphatic heterocycles. The van der Waals surface area contributed by atoms with Crippen molar-refractivity contribution in [2.45, 2.75) is 26.9 Å². The second kappa shape index (κ2) is 3.11. The summed E-state index contributed by atoms with van der Waals surface area (Å²) in [5, 5.41) is 3.35. The van der Waals surface area contributed by atoms with E-state index in [9.17, 15) is 0 Å². The molecule has 1 rings (SSSR count). The summed E-state index contributed by atoms with van der Waals surface area (Å²) in [5.74, 6) is 0.660. The van der Waals surface area contributed by atoms with Gasteiger partial charge in [0.2, 0.25) is 0 Å². The first kappa shape index (κ1) is 9.01. The van der Waals surface area contributed by atoms with E-state index >= 15 is 0 Å². The van der Waals surface area contributed by atoms with Gasteiger partial charge < -0.3 is 10.1 Å². The zero-order valence-corrected chi connectivity index (χ0v) is 7.98. The fourth-order valence-electron chi connectivity index (χ4n) is 1.77. The zero-order valence-electron chi connectivity index (χ0n) is 7.98. The maximum atomic E-state index is 5.39. The quantitative estimate of drug-likeness (QED) is 0.619. The average Bonchev–Trinajstić information content (AvgIpc) is 2.31. The highest BCUT2D eigenvalue weighted by molar-refractivity contribution is 4.89. The van der Waals surface area contributed by atoms with Crippen LogP contribution < -0.4 is 5.32 Å². The fourth-order valence-corrected chi connectivity index (χ4v) is 1.77. The molecule has 1 N–H and O–H groups in total. The van der Waals surface area contributed by atoms with E-state index in [-0.39, 0.29) is 0 Å². The molecule has 2 nitrogen and oxygen atoms in total. The summed E-state index contributed by atoms with van der Waals surface area (Å²) in [6, 6.07) is 0. The second-order valence-electron chi connectivity index (χ2n) is 4.40. The van der Waals surface area contributed by atoms with Gasteiger partial charge in [-0.1, -0.05) is 20.8 Å². The number of hydrogen-bond donors (Lipinski definition) is 1. The van der Waals surface area contributed by atoms with Crippen LogP contribution in [0.4, 0.5) is 0 Å². The van der Waals surface area contributed by atoms with Crippen LogP contribution in [0.15, 0.2) is 0 Å². The van der Waals surface area contributed by atoms with E-state index in [0.717, 1.165) is 13.1 Å². The lowest BCUT2D eigenvalue weighted by Crippen LogP contribution is -2.32. The van der Waals surface area contributed by atoms with Gasteiger partial charge in [-0.05, 0) is 5.41 Å². The van der Waals surface area contributed by atoms with Crippen LogP contribution in [-0.4, -0.2) is 26.3 Å². The Morgan fingerprint density at radius 1 is 1.27 bits per heavy atom. The van der Waals surface area contributed by atoms with Gasteiger partial charge in [0.25, 0.3) is 0 Å². The molecule has 0 aromatic rings. The first-order chi connectivity index (χ1) is 5.05. The number of ether oxygens (including phenoxy) is 1. The van der Waals surface area contributed by atoms with Crippen LogP contribution >= 0.6 is 0 Å². The van der Waals surface area contributed by atoms with Gasteiger partial charge in [-0.3, -0.25) is 0 Å². The Labute approximate surface area is 69.3 Å². The van der Waals surface area contributed by atoms with Gasteiger partial charge in [-0.25, -0.2) is 0 Å². The van der Waals surface area contributed by atoms with Gasteiger partial charge in [0.1, 0.15) is 0 Å². The Hall–Kier alpha value is -0.0800. The number of hydrogen-bond acceptors (Lipinski definition) is 2. The van der Waals surface area contributed by atoms with Gasteiger partial charge in [0.15, 0.2) is 0 Å². The molecular formula is C9H19NO. The van der Waals surface area contributed by atoms with E-state index in [1.807, 2.05) is 0 Å². The highest BCUT2D eigenvalue weighted by Crippen LogP contribution is 2.31. The van der Waals surface area contributed by atoms with Crippen molar-refractivity contribution in [2.75, 3.05) is 20.2 Å². The molecule has 1 saturated heterocycles. The molecule has 0 aromatic carbocycles. The molecule has 0 spiro atoms. The van der Waals surface area contributed by atoms with E-state index in [1.165, 1.54) is 0 Å². The highest BCUT2D eigenvalue weighted by atomic mass is 16.5.